The Morgan fingerprint density at radius 3 is 1.52 bits per heavy atom. The van der Waals surface area contributed by atoms with Gasteiger partial charge in [0, 0.05) is 13.1 Å². The number of hydrogen-bond acceptors (Lipinski definition) is 2. The molecule has 2 aromatic carbocycles. The summed E-state index contributed by atoms with van der Waals surface area (Å²) in [6, 6.07) is 12.7. The molecule has 0 saturated heterocycles. The summed E-state index contributed by atoms with van der Waals surface area (Å²) in [5.74, 6) is -1.50. The molecule has 0 aliphatic heterocycles. The van der Waals surface area contributed by atoms with Gasteiger partial charge in [0.05, 0.1) is 0 Å². The van der Waals surface area contributed by atoms with Gasteiger partial charge in [0.15, 0.2) is 0 Å². The van der Waals surface area contributed by atoms with Crippen LogP contribution in [0.1, 0.15) is 17.5 Å². The molecule has 2 rings (SSSR count). The summed E-state index contributed by atoms with van der Waals surface area (Å²) in [4.78, 5) is 23.4. The van der Waals surface area contributed by atoms with Crippen LogP contribution in [0.2, 0.25) is 0 Å². The van der Waals surface area contributed by atoms with Crippen molar-refractivity contribution < 1.29 is 18.4 Å². The summed E-state index contributed by atoms with van der Waals surface area (Å²) in [7, 11) is 0. The Bertz CT molecular complexity index is 673. The third-order valence-corrected chi connectivity index (χ3v) is 3.67. The van der Waals surface area contributed by atoms with E-state index in [2.05, 4.69) is 10.6 Å². The van der Waals surface area contributed by atoms with Crippen molar-refractivity contribution in [2.75, 3.05) is 13.1 Å². The number of carbonyl (C=O) groups is 2. The molecule has 0 saturated carbocycles. The zero-order valence-electron chi connectivity index (χ0n) is 13.7. The molecule has 0 unspecified atom stereocenters. The van der Waals surface area contributed by atoms with E-state index in [0.717, 1.165) is 0 Å². The number of benzene rings is 2. The quantitative estimate of drug-likeness (QED) is 0.721. The lowest BCUT2D eigenvalue weighted by Crippen LogP contribution is -2.33. The molecule has 25 heavy (non-hydrogen) atoms. The van der Waals surface area contributed by atoms with Crippen LogP contribution in [-0.4, -0.2) is 24.9 Å². The van der Waals surface area contributed by atoms with Crippen LogP contribution < -0.4 is 10.6 Å². The number of nitrogens with one attached hydrogen (secondary N) is 2. The second kappa shape index (κ2) is 9.52. The molecule has 132 valence electrons. The van der Waals surface area contributed by atoms with Gasteiger partial charge in [0.1, 0.15) is 18.1 Å². The lowest BCUT2D eigenvalue weighted by Gasteiger charge is -2.08. The molecular formula is C19H20F2N2O2. The van der Waals surface area contributed by atoms with E-state index < -0.39 is 11.8 Å². The molecule has 2 aromatic rings. The van der Waals surface area contributed by atoms with Crippen molar-refractivity contribution in [3.05, 3.63) is 71.3 Å². The molecule has 2 N–H and O–H groups in total. The van der Waals surface area contributed by atoms with Crippen molar-refractivity contribution in [3.63, 3.8) is 0 Å². The largest absolute Gasteiger partial charge is 0.355 e. The first-order valence-electron chi connectivity index (χ1n) is 8.06. The Kier molecular flexibility index (Phi) is 7.07. The predicted molar refractivity (Wildman–Crippen MR) is 90.8 cm³/mol. The average molecular weight is 346 g/mol. The van der Waals surface area contributed by atoms with Crippen LogP contribution in [0.15, 0.2) is 48.5 Å². The topological polar surface area (TPSA) is 58.2 Å². The summed E-state index contributed by atoms with van der Waals surface area (Å²) >= 11 is 0. The molecule has 2 amide bonds. The van der Waals surface area contributed by atoms with Crippen molar-refractivity contribution in [3.8, 4) is 0 Å². The van der Waals surface area contributed by atoms with Crippen LogP contribution in [0, 0.1) is 11.6 Å². The van der Waals surface area contributed by atoms with E-state index in [1.165, 1.54) is 12.1 Å². The van der Waals surface area contributed by atoms with Gasteiger partial charge >= 0.3 is 0 Å². The SMILES string of the molecule is O=C(CC(=O)NCCc1ccccc1F)NCCc1ccccc1F. The van der Waals surface area contributed by atoms with E-state index in [0.29, 0.717) is 24.0 Å². The highest BCUT2D eigenvalue weighted by Gasteiger charge is 2.09. The van der Waals surface area contributed by atoms with E-state index in [1.807, 2.05) is 0 Å². The van der Waals surface area contributed by atoms with E-state index in [-0.39, 0.29) is 31.1 Å². The molecule has 0 bridgehead atoms. The summed E-state index contributed by atoms with van der Waals surface area (Å²) in [5.41, 5.74) is 1.02. The van der Waals surface area contributed by atoms with Gasteiger partial charge in [-0.2, -0.15) is 0 Å². The Balaban J connectivity index is 1.64. The summed E-state index contributed by atoms with van der Waals surface area (Å²) in [6.45, 7) is 0.505. The van der Waals surface area contributed by atoms with Crippen LogP contribution in [-0.2, 0) is 22.4 Å². The maximum atomic E-state index is 13.4. The molecule has 0 aliphatic rings. The summed E-state index contributed by atoms with van der Waals surface area (Å²) in [5, 5.41) is 5.16. The molecule has 0 heterocycles. The summed E-state index contributed by atoms with van der Waals surface area (Å²) < 4.78 is 26.9. The van der Waals surface area contributed by atoms with Crippen molar-refractivity contribution in [1.82, 2.24) is 10.6 Å². The molecule has 0 aromatic heterocycles. The molecule has 6 heteroatoms. The van der Waals surface area contributed by atoms with E-state index in [4.69, 9.17) is 0 Å². The molecular weight excluding hydrogens is 326 g/mol. The highest BCUT2D eigenvalue weighted by molar-refractivity contribution is 5.96. The first kappa shape index (κ1) is 18.6. The van der Waals surface area contributed by atoms with E-state index >= 15 is 0 Å². The van der Waals surface area contributed by atoms with E-state index in [9.17, 15) is 18.4 Å². The van der Waals surface area contributed by atoms with Gasteiger partial charge in [-0.3, -0.25) is 9.59 Å². The van der Waals surface area contributed by atoms with Gasteiger partial charge in [-0.05, 0) is 36.1 Å². The zero-order chi connectivity index (χ0) is 18.1. The normalized spacial score (nSPS) is 10.3. The van der Waals surface area contributed by atoms with Crippen molar-refractivity contribution in [2.45, 2.75) is 19.3 Å². The lowest BCUT2D eigenvalue weighted by molar-refractivity contribution is -0.129. The van der Waals surface area contributed by atoms with Crippen LogP contribution in [0.25, 0.3) is 0 Å². The number of carbonyl (C=O) groups excluding carboxylic acids is 2. The Morgan fingerprint density at radius 2 is 1.12 bits per heavy atom. The van der Waals surface area contributed by atoms with Crippen LogP contribution in [0.3, 0.4) is 0 Å². The van der Waals surface area contributed by atoms with Gasteiger partial charge < -0.3 is 10.6 Å². The first-order valence-corrected chi connectivity index (χ1v) is 8.06. The third kappa shape index (κ3) is 6.33. The van der Waals surface area contributed by atoms with Gasteiger partial charge in [-0.1, -0.05) is 36.4 Å². The van der Waals surface area contributed by atoms with Gasteiger partial charge in [-0.25, -0.2) is 8.78 Å². The molecule has 0 radical (unpaired) electrons. The second-order valence-electron chi connectivity index (χ2n) is 5.56. The first-order chi connectivity index (χ1) is 12.1. The predicted octanol–water partition coefficient (Wildman–Crippen LogP) is 2.37. The number of hydrogen-bond donors (Lipinski definition) is 2. The number of rotatable bonds is 8. The van der Waals surface area contributed by atoms with Crippen LogP contribution in [0.5, 0.6) is 0 Å². The fraction of sp³-hybridized carbons (Fsp3) is 0.263. The highest BCUT2D eigenvalue weighted by Crippen LogP contribution is 2.07. The smallest absolute Gasteiger partial charge is 0.229 e. The van der Waals surface area contributed by atoms with Crippen molar-refractivity contribution in [1.29, 1.82) is 0 Å². The third-order valence-electron chi connectivity index (χ3n) is 3.67. The number of amides is 2. The fourth-order valence-electron chi connectivity index (χ4n) is 2.35. The Labute approximate surface area is 145 Å². The van der Waals surface area contributed by atoms with Crippen LogP contribution >= 0.6 is 0 Å². The molecule has 0 atom stereocenters. The molecule has 0 aliphatic carbocycles. The minimum Gasteiger partial charge on any atom is -0.355 e. The minimum absolute atomic E-state index is 0.252. The molecule has 0 spiro atoms. The Hall–Kier alpha value is -2.76. The lowest BCUT2D eigenvalue weighted by atomic mass is 10.1. The fourth-order valence-corrected chi connectivity index (χ4v) is 2.35. The van der Waals surface area contributed by atoms with Crippen LogP contribution in [0.4, 0.5) is 8.78 Å². The Morgan fingerprint density at radius 1 is 0.720 bits per heavy atom. The maximum absolute atomic E-state index is 13.4. The number of halogens is 2. The van der Waals surface area contributed by atoms with Crippen molar-refractivity contribution >= 4 is 11.8 Å². The van der Waals surface area contributed by atoms with Gasteiger partial charge in [0.25, 0.3) is 0 Å². The summed E-state index contributed by atoms with van der Waals surface area (Å²) in [6.07, 6.45) is 0.398. The average Bonchev–Trinajstić information content (AvgIpc) is 2.58. The van der Waals surface area contributed by atoms with Crippen molar-refractivity contribution in [2.24, 2.45) is 0 Å². The zero-order valence-corrected chi connectivity index (χ0v) is 13.7. The molecule has 0 fully saturated rings. The highest BCUT2D eigenvalue weighted by atomic mass is 19.1. The van der Waals surface area contributed by atoms with Gasteiger partial charge in [-0.15, -0.1) is 0 Å². The standard InChI is InChI=1S/C19H20F2N2O2/c20-16-7-3-1-5-14(16)9-11-22-18(24)13-19(25)23-12-10-15-6-2-4-8-17(15)21/h1-8H,9-13H2,(H,22,24)(H,23,25). The van der Waals surface area contributed by atoms with Gasteiger partial charge in [0.2, 0.25) is 11.8 Å². The molecule has 4 nitrogen and oxygen atoms in total. The monoisotopic (exact) mass is 346 g/mol. The maximum Gasteiger partial charge on any atom is 0.229 e. The second-order valence-corrected chi connectivity index (χ2v) is 5.56. The van der Waals surface area contributed by atoms with E-state index in [1.54, 1.807) is 36.4 Å². The minimum atomic E-state index is -0.431.